The van der Waals surface area contributed by atoms with Gasteiger partial charge in [-0.3, -0.25) is 9.78 Å². The zero-order chi connectivity index (χ0) is 14.5. The molecule has 1 aliphatic carbocycles. The van der Waals surface area contributed by atoms with Crippen molar-refractivity contribution in [1.82, 2.24) is 30.5 Å². The van der Waals surface area contributed by atoms with Crippen LogP contribution in [0.4, 0.5) is 0 Å². The molecule has 0 atom stereocenters. The summed E-state index contributed by atoms with van der Waals surface area (Å²) >= 11 is 0. The maximum atomic E-state index is 12.7. The summed E-state index contributed by atoms with van der Waals surface area (Å²) in [6, 6.07) is 3.79. The van der Waals surface area contributed by atoms with E-state index >= 15 is 0 Å². The first-order chi connectivity index (χ1) is 10.3. The van der Waals surface area contributed by atoms with Crippen molar-refractivity contribution in [3.63, 3.8) is 0 Å². The SMILES string of the molecule is O=C(NCc1ccncc1)C1(n2cnnn2)CCCCC1. The van der Waals surface area contributed by atoms with E-state index in [1.807, 2.05) is 12.1 Å². The summed E-state index contributed by atoms with van der Waals surface area (Å²) in [4.78, 5) is 16.7. The van der Waals surface area contributed by atoms with Gasteiger partial charge in [0.15, 0.2) is 0 Å². The average molecular weight is 286 g/mol. The third-order valence-corrected chi connectivity index (χ3v) is 4.09. The Balaban J connectivity index is 1.75. The molecule has 7 heteroatoms. The number of nitrogens with one attached hydrogen (secondary N) is 1. The van der Waals surface area contributed by atoms with Gasteiger partial charge in [0, 0.05) is 18.9 Å². The van der Waals surface area contributed by atoms with Crippen molar-refractivity contribution in [3.8, 4) is 0 Å². The van der Waals surface area contributed by atoms with Gasteiger partial charge in [0.2, 0.25) is 5.91 Å². The Kier molecular flexibility index (Phi) is 3.89. The molecule has 110 valence electrons. The molecule has 0 radical (unpaired) electrons. The van der Waals surface area contributed by atoms with Crippen molar-refractivity contribution in [1.29, 1.82) is 0 Å². The number of carbonyl (C=O) groups excluding carboxylic acids is 1. The molecule has 0 unspecified atom stereocenters. The van der Waals surface area contributed by atoms with Gasteiger partial charge in [-0.1, -0.05) is 19.3 Å². The Bertz CT molecular complexity index is 577. The van der Waals surface area contributed by atoms with E-state index in [4.69, 9.17) is 0 Å². The lowest BCUT2D eigenvalue weighted by atomic mass is 9.81. The standard InChI is InChI=1S/C14H18N6O/c21-13(16-10-12-4-8-15-9-5-12)14(6-2-1-3-7-14)20-11-17-18-19-20/h4-5,8-9,11H,1-3,6-7,10H2,(H,16,21). The van der Waals surface area contributed by atoms with Gasteiger partial charge in [-0.15, -0.1) is 5.10 Å². The molecular formula is C14H18N6O. The molecule has 1 amide bonds. The largest absolute Gasteiger partial charge is 0.350 e. The van der Waals surface area contributed by atoms with Gasteiger partial charge in [-0.05, 0) is 41.0 Å². The number of tetrazole rings is 1. The highest BCUT2D eigenvalue weighted by Crippen LogP contribution is 2.34. The Labute approximate surface area is 122 Å². The van der Waals surface area contributed by atoms with Gasteiger partial charge < -0.3 is 5.32 Å². The van der Waals surface area contributed by atoms with E-state index in [2.05, 4.69) is 25.8 Å². The smallest absolute Gasteiger partial charge is 0.248 e. The van der Waals surface area contributed by atoms with Crippen LogP contribution in [0.25, 0.3) is 0 Å². The predicted octanol–water partition coefficient (Wildman–Crippen LogP) is 1.04. The van der Waals surface area contributed by atoms with E-state index in [0.717, 1.165) is 37.7 Å². The lowest BCUT2D eigenvalue weighted by Gasteiger charge is -2.35. The minimum absolute atomic E-state index is 0.00804. The second-order valence-electron chi connectivity index (χ2n) is 5.38. The highest BCUT2D eigenvalue weighted by molar-refractivity contribution is 5.84. The fourth-order valence-corrected chi connectivity index (χ4v) is 2.90. The van der Waals surface area contributed by atoms with E-state index in [1.54, 1.807) is 17.1 Å². The summed E-state index contributed by atoms with van der Waals surface area (Å²) in [5, 5.41) is 14.4. The molecule has 3 rings (SSSR count). The van der Waals surface area contributed by atoms with Gasteiger partial charge in [0.1, 0.15) is 11.9 Å². The molecule has 1 N–H and O–H groups in total. The highest BCUT2D eigenvalue weighted by atomic mass is 16.2. The Morgan fingerprint density at radius 1 is 1.24 bits per heavy atom. The Morgan fingerprint density at radius 2 is 2.00 bits per heavy atom. The normalized spacial score (nSPS) is 17.3. The molecule has 1 aliphatic rings. The van der Waals surface area contributed by atoms with Crippen LogP contribution in [0.15, 0.2) is 30.9 Å². The molecule has 7 nitrogen and oxygen atoms in total. The summed E-state index contributed by atoms with van der Waals surface area (Å²) in [6.45, 7) is 0.491. The van der Waals surface area contributed by atoms with Gasteiger partial charge in [0.05, 0.1) is 0 Å². The van der Waals surface area contributed by atoms with Gasteiger partial charge >= 0.3 is 0 Å². The highest BCUT2D eigenvalue weighted by Gasteiger charge is 2.42. The summed E-state index contributed by atoms with van der Waals surface area (Å²) in [6.07, 6.45) is 9.72. The molecule has 1 saturated carbocycles. The van der Waals surface area contributed by atoms with Crippen molar-refractivity contribution >= 4 is 5.91 Å². The van der Waals surface area contributed by atoms with Crippen LogP contribution >= 0.6 is 0 Å². The number of rotatable bonds is 4. The van der Waals surface area contributed by atoms with Crippen molar-refractivity contribution in [2.24, 2.45) is 0 Å². The van der Waals surface area contributed by atoms with Crippen LogP contribution in [0.2, 0.25) is 0 Å². The van der Waals surface area contributed by atoms with Gasteiger partial charge in [-0.25, -0.2) is 4.68 Å². The number of nitrogens with zero attached hydrogens (tertiary/aromatic N) is 5. The van der Waals surface area contributed by atoms with Crippen LogP contribution in [-0.2, 0) is 16.9 Å². The van der Waals surface area contributed by atoms with Crippen LogP contribution in [0.1, 0.15) is 37.7 Å². The minimum Gasteiger partial charge on any atom is -0.350 e. The lowest BCUT2D eigenvalue weighted by Crippen LogP contribution is -2.50. The monoisotopic (exact) mass is 286 g/mol. The van der Waals surface area contributed by atoms with Crippen LogP contribution < -0.4 is 5.32 Å². The minimum atomic E-state index is -0.644. The fraction of sp³-hybridized carbons (Fsp3) is 0.500. The van der Waals surface area contributed by atoms with E-state index in [0.29, 0.717) is 6.54 Å². The summed E-state index contributed by atoms with van der Waals surface area (Å²) < 4.78 is 1.62. The van der Waals surface area contributed by atoms with Crippen molar-refractivity contribution in [2.45, 2.75) is 44.2 Å². The number of amides is 1. The molecule has 0 spiro atoms. The molecule has 0 aliphatic heterocycles. The lowest BCUT2D eigenvalue weighted by molar-refractivity contribution is -0.132. The maximum absolute atomic E-state index is 12.7. The number of pyridine rings is 1. The quantitative estimate of drug-likeness (QED) is 0.907. The molecule has 0 bridgehead atoms. The van der Waals surface area contributed by atoms with E-state index in [1.165, 1.54) is 6.33 Å². The first-order valence-electron chi connectivity index (χ1n) is 7.22. The molecule has 0 saturated heterocycles. The first kappa shape index (κ1) is 13.7. The Morgan fingerprint density at radius 3 is 2.67 bits per heavy atom. The second kappa shape index (κ2) is 5.99. The number of hydrogen-bond acceptors (Lipinski definition) is 5. The first-order valence-corrected chi connectivity index (χ1v) is 7.22. The van der Waals surface area contributed by atoms with Gasteiger partial charge in [0.25, 0.3) is 0 Å². The molecule has 21 heavy (non-hydrogen) atoms. The maximum Gasteiger partial charge on any atom is 0.248 e. The zero-order valence-corrected chi connectivity index (χ0v) is 11.8. The number of hydrogen-bond donors (Lipinski definition) is 1. The number of carbonyl (C=O) groups is 1. The van der Waals surface area contributed by atoms with Gasteiger partial charge in [-0.2, -0.15) is 0 Å². The third kappa shape index (κ3) is 2.76. The van der Waals surface area contributed by atoms with E-state index in [-0.39, 0.29) is 5.91 Å². The Hall–Kier alpha value is -2.31. The third-order valence-electron chi connectivity index (χ3n) is 4.09. The molecule has 0 aromatic carbocycles. The second-order valence-corrected chi connectivity index (χ2v) is 5.38. The van der Waals surface area contributed by atoms with Crippen molar-refractivity contribution < 1.29 is 4.79 Å². The fourth-order valence-electron chi connectivity index (χ4n) is 2.90. The molecule has 2 aromatic heterocycles. The van der Waals surface area contributed by atoms with Crippen LogP contribution in [-0.4, -0.2) is 31.1 Å². The average Bonchev–Trinajstić information content (AvgIpc) is 3.09. The molecule has 2 heterocycles. The van der Waals surface area contributed by atoms with E-state index < -0.39 is 5.54 Å². The summed E-state index contributed by atoms with van der Waals surface area (Å²) in [7, 11) is 0. The zero-order valence-electron chi connectivity index (χ0n) is 11.8. The van der Waals surface area contributed by atoms with Crippen LogP contribution in [0.5, 0.6) is 0 Å². The van der Waals surface area contributed by atoms with Crippen LogP contribution in [0.3, 0.4) is 0 Å². The summed E-state index contributed by atoms with van der Waals surface area (Å²) in [5.41, 5.74) is 0.385. The molecular weight excluding hydrogens is 268 g/mol. The summed E-state index contributed by atoms with van der Waals surface area (Å²) in [5.74, 6) is -0.00804. The van der Waals surface area contributed by atoms with E-state index in [9.17, 15) is 4.79 Å². The molecule has 2 aromatic rings. The van der Waals surface area contributed by atoms with Crippen molar-refractivity contribution in [2.75, 3.05) is 0 Å². The predicted molar refractivity (Wildman–Crippen MR) is 75.0 cm³/mol. The number of aromatic nitrogens is 5. The topological polar surface area (TPSA) is 85.6 Å². The van der Waals surface area contributed by atoms with Crippen LogP contribution in [0, 0.1) is 0 Å². The molecule has 1 fully saturated rings. The van der Waals surface area contributed by atoms with Crippen molar-refractivity contribution in [3.05, 3.63) is 36.4 Å².